The van der Waals surface area contributed by atoms with E-state index < -0.39 is 5.79 Å². The summed E-state index contributed by atoms with van der Waals surface area (Å²) >= 11 is 6.02. The Kier molecular flexibility index (Phi) is 6.29. The van der Waals surface area contributed by atoms with Gasteiger partial charge in [0.05, 0.1) is 5.69 Å². The van der Waals surface area contributed by atoms with Gasteiger partial charge in [0, 0.05) is 29.4 Å². The van der Waals surface area contributed by atoms with E-state index >= 15 is 0 Å². The van der Waals surface area contributed by atoms with Crippen molar-refractivity contribution >= 4 is 23.4 Å². The van der Waals surface area contributed by atoms with E-state index in [2.05, 4.69) is 4.99 Å². The van der Waals surface area contributed by atoms with E-state index in [1.165, 1.54) is 0 Å². The van der Waals surface area contributed by atoms with Crippen LogP contribution in [0.5, 0.6) is 0 Å². The molecule has 0 saturated carbocycles. The number of aryl methyl sites for hydroxylation is 1. The average Bonchev–Trinajstić information content (AvgIpc) is 2.57. The van der Waals surface area contributed by atoms with Gasteiger partial charge in [-0.3, -0.25) is 0 Å². The van der Waals surface area contributed by atoms with E-state index in [4.69, 9.17) is 21.1 Å². The quantitative estimate of drug-likeness (QED) is 0.408. The van der Waals surface area contributed by atoms with Gasteiger partial charge in [0.25, 0.3) is 0 Å². The fourth-order valence-electron chi connectivity index (χ4n) is 2.66. The monoisotopic (exact) mass is 345 g/mol. The van der Waals surface area contributed by atoms with Crippen molar-refractivity contribution in [2.45, 2.75) is 26.6 Å². The molecule has 0 unspecified atom stereocenters. The highest BCUT2D eigenvalue weighted by molar-refractivity contribution is 6.30. The van der Waals surface area contributed by atoms with Gasteiger partial charge >= 0.3 is 0 Å². The molecule has 0 aliphatic heterocycles. The van der Waals surface area contributed by atoms with Crippen molar-refractivity contribution in [2.24, 2.45) is 4.99 Å². The van der Waals surface area contributed by atoms with Gasteiger partial charge in [-0.05, 0) is 45.0 Å². The molecule has 0 aliphatic carbocycles. The molecule has 0 atom stereocenters. The SMILES string of the molecule is CCOC(OCC)(c1ccc(Cl)cc1)c1cc(C)ccc1N=C=O. The Labute approximate surface area is 147 Å². The molecule has 24 heavy (non-hydrogen) atoms. The minimum atomic E-state index is -1.17. The highest BCUT2D eigenvalue weighted by Gasteiger charge is 2.38. The highest BCUT2D eigenvalue weighted by atomic mass is 35.5. The van der Waals surface area contributed by atoms with Gasteiger partial charge in [-0.25, -0.2) is 4.79 Å². The molecule has 0 N–H and O–H groups in total. The van der Waals surface area contributed by atoms with Crippen LogP contribution < -0.4 is 0 Å². The first-order valence-corrected chi connectivity index (χ1v) is 8.18. The molecule has 0 bridgehead atoms. The number of hydrogen-bond donors (Lipinski definition) is 0. The Morgan fingerprint density at radius 3 is 2.25 bits per heavy atom. The van der Waals surface area contributed by atoms with Gasteiger partial charge in [0.2, 0.25) is 11.9 Å². The Morgan fingerprint density at radius 1 is 1.08 bits per heavy atom. The van der Waals surface area contributed by atoms with Crippen LogP contribution in [-0.2, 0) is 20.1 Å². The van der Waals surface area contributed by atoms with Crippen LogP contribution in [0.15, 0.2) is 47.5 Å². The van der Waals surface area contributed by atoms with Crippen LogP contribution in [0.4, 0.5) is 5.69 Å². The third-order valence-corrected chi connectivity index (χ3v) is 3.84. The Morgan fingerprint density at radius 2 is 1.71 bits per heavy atom. The first-order valence-electron chi connectivity index (χ1n) is 7.80. The molecule has 0 fully saturated rings. The van der Waals surface area contributed by atoms with Gasteiger partial charge < -0.3 is 9.47 Å². The lowest BCUT2D eigenvalue weighted by molar-refractivity contribution is -0.212. The molecule has 0 aliphatic rings. The third kappa shape index (κ3) is 3.74. The van der Waals surface area contributed by atoms with Crippen LogP contribution in [0.3, 0.4) is 0 Å². The molecule has 0 aromatic heterocycles. The van der Waals surface area contributed by atoms with Crippen LogP contribution in [0.2, 0.25) is 5.02 Å². The maximum atomic E-state index is 10.8. The minimum absolute atomic E-state index is 0.417. The van der Waals surface area contributed by atoms with Gasteiger partial charge in [0.1, 0.15) is 0 Å². The molecule has 0 heterocycles. The Balaban J connectivity index is 2.76. The number of carbonyl (C=O) groups excluding carboxylic acids is 1. The lowest BCUT2D eigenvalue weighted by Gasteiger charge is -2.35. The van der Waals surface area contributed by atoms with Crippen molar-refractivity contribution < 1.29 is 14.3 Å². The summed E-state index contributed by atoms with van der Waals surface area (Å²) in [5, 5.41) is 0.621. The molecule has 126 valence electrons. The predicted octanol–water partition coefficient (Wildman–Crippen LogP) is 4.89. The molecular formula is C19H20ClNO3. The van der Waals surface area contributed by atoms with Crippen LogP contribution >= 0.6 is 11.6 Å². The fraction of sp³-hybridized carbons (Fsp3) is 0.316. The normalized spacial score (nSPS) is 11.2. The number of rotatable bonds is 7. The zero-order valence-corrected chi connectivity index (χ0v) is 14.8. The van der Waals surface area contributed by atoms with Crippen LogP contribution in [-0.4, -0.2) is 19.3 Å². The molecular weight excluding hydrogens is 326 g/mol. The van der Waals surface area contributed by atoms with Crippen molar-refractivity contribution in [3.63, 3.8) is 0 Å². The lowest BCUT2D eigenvalue weighted by Crippen LogP contribution is -2.35. The molecule has 0 amide bonds. The molecule has 0 spiro atoms. The van der Waals surface area contributed by atoms with E-state index in [-0.39, 0.29) is 0 Å². The summed E-state index contributed by atoms with van der Waals surface area (Å²) in [6.45, 7) is 6.58. The second-order valence-electron chi connectivity index (χ2n) is 5.21. The summed E-state index contributed by atoms with van der Waals surface area (Å²) in [7, 11) is 0. The maximum Gasteiger partial charge on any atom is 0.240 e. The zero-order chi connectivity index (χ0) is 17.6. The summed E-state index contributed by atoms with van der Waals surface area (Å²) in [6.07, 6.45) is 1.60. The van der Waals surface area contributed by atoms with Crippen LogP contribution in [0.25, 0.3) is 0 Å². The van der Waals surface area contributed by atoms with E-state index in [9.17, 15) is 4.79 Å². The average molecular weight is 346 g/mol. The first kappa shape index (κ1) is 18.4. The summed E-state index contributed by atoms with van der Waals surface area (Å²) in [5.41, 5.74) is 2.92. The summed E-state index contributed by atoms with van der Waals surface area (Å²) in [6, 6.07) is 12.8. The number of halogens is 1. The van der Waals surface area contributed by atoms with Gasteiger partial charge in [0.15, 0.2) is 0 Å². The third-order valence-electron chi connectivity index (χ3n) is 3.59. The van der Waals surface area contributed by atoms with Gasteiger partial charge in [-0.15, -0.1) is 0 Å². The predicted molar refractivity (Wildman–Crippen MR) is 94.4 cm³/mol. The number of aliphatic imine (C=N–C) groups is 1. The van der Waals surface area contributed by atoms with Crippen molar-refractivity contribution in [1.82, 2.24) is 0 Å². The standard InChI is InChI=1S/C19H20ClNO3/c1-4-23-19(24-5-2,15-7-9-16(20)10-8-15)17-12-14(3)6-11-18(17)21-13-22/h6-12H,4-5H2,1-3H3. The molecule has 0 saturated heterocycles. The zero-order valence-electron chi connectivity index (χ0n) is 14.0. The van der Waals surface area contributed by atoms with Crippen molar-refractivity contribution in [1.29, 1.82) is 0 Å². The van der Waals surface area contributed by atoms with E-state index in [1.807, 2.05) is 45.0 Å². The Bertz CT molecular complexity index is 731. The lowest BCUT2D eigenvalue weighted by atomic mass is 9.94. The number of hydrogen-bond acceptors (Lipinski definition) is 4. The second kappa shape index (κ2) is 8.22. The maximum absolute atomic E-state index is 10.8. The van der Waals surface area contributed by atoms with Gasteiger partial charge in [-0.1, -0.05) is 35.4 Å². The first-order chi connectivity index (χ1) is 11.6. The molecule has 0 radical (unpaired) electrons. The number of nitrogens with zero attached hydrogens (tertiary/aromatic N) is 1. The molecule has 2 rings (SSSR count). The van der Waals surface area contributed by atoms with Crippen LogP contribution in [0.1, 0.15) is 30.5 Å². The minimum Gasteiger partial charge on any atom is -0.342 e. The number of isocyanates is 1. The topological polar surface area (TPSA) is 47.9 Å². The molecule has 2 aromatic carbocycles. The molecule has 5 heteroatoms. The fourth-order valence-corrected chi connectivity index (χ4v) is 2.78. The van der Waals surface area contributed by atoms with Crippen molar-refractivity contribution in [3.05, 3.63) is 64.2 Å². The number of benzene rings is 2. The van der Waals surface area contributed by atoms with Crippen LogP contribution in [0, 0.1) is 6.92 Å². The summed E-state index contributed by atoms with van der Waals surface area (Å²) in [4.78, 5) is 14.7. The van der Waals surface area contributed by atoms with E-state index in [1.54, 1.807) is 24.3 Å². The van der Waals surface area contributed by atoms with E-state index in [0.29, 0.717) is 29.5 Å². The van der Waals surface area contributed by atoms with Crippen molar-refractivity contribution in [2.75, 3.05) is 13.2 Å². The molecule has 2 aromatic rings. The Hall–Kier alpha value is -1.97. The van der Waals surface area contributed by atoms with Gasteiger partial charge in [-0.2, -0.15) is 4.99 Å². The summed E-state index contributed by atoms with van der Waals surface area (Å²) in [5.74, 6) is -1.17. The van der Waals surface area contributed by atoms with E-state index in [0.717, 1.165) is 11.1 Å². The smallest absolute Gasteiger partial charge is 0.240 e. The molecule has 4 nitrogen and oxygen atoms in total. The second-order valence-corrected chi connectivity index (χ2v) is 5.65. The summed E-state index contributed by atoms with van der Waals surface area (Å²) < 4.78 is 12.1. The largest absolute Gasteiger partial charge is 0.342 e. The number of ether oxygens (including phenoxy) is 2. The highest BCUT2D eigenvalue weighted by Crippen LogP contribution is 2.41. The van der Waals surface area contributed by atoms with Crippen molar-refractivity contribution in [3.8, 4) is 0 Å².